The molecule has 7 heteroatoms. The molecule has 2 heterocycles. The average molecular weight is 437 g/mol. The Kier molecular flexibility index (Phi) is 6.55. The number of nitrogens with one attached hydrogen (secondary N) is 1. The van der Waals surface area contributed by atoms with E-state index < -0.39 is 12.1 Å². The Balaban J connectivity index is 1.43. The van der Waals surface area contributed by atoms with E-state index >= 15 is 0 Å². The molecule has 0 aliphatic carbocycles. The van der Waals surface area contributed by atoms with Crippen LogP contribution in [0.5, 0.6) is 11.5 Å². The summed E-state index contributed by atoms with van der Waals surface area (Å²) in [5.74, 6) is 0.902. The van der Waals surface area contributed by atoms with Crippen molar-refractivity contribution in [3.8, 4) is 11.5 Å². The van der Waals surface area contributed by atoms with Crippen LogP contribution in [0.25, 0.3) is 0 Å². The van der Waals surface area contributed by atoms with Crippen molar-refractivity contribution >= 4 is 17.6 Å². The number of amides is 2. The van der Waals surface area contributed by atoms with Crippen molar-refractivity contribution in [2.24, 2.45) is 5.92 Å². The summed E-state index contributed by atoms with van der Waals surface area (Å²) in [6.45, 7) is 4.52. The second-order valence-electron chi connectivity index (χ2n) is 8.68. The van der Waals surface area contributed by atoms with E-state index in [4.69, 9.17) is 9.47 Å². The highest BCUT2D eigenvalue weighted by Crippen LogP contribution is 2.28. The number of nitrogens with zero attached hydrogens (tertiary/aromatic N) is 1. The van der Waals surface area contributed by atoms with Gasteiger partial charge in [0.1, 0.15) is 30.2 Å². The third-order valence-corrected chi connectivity index (χ3v) is 5.80. The van der Waals surface area contributed by atoms with Crippen LogP contribution in [-0.2, 0) is 14.3 Å². The Bertz CT molecular complexity index is 974. The van der Waals surface area contributed by atoms with Crippen LogP contribution in [0, 0.1) is 5.92 Å². The largest absolute Gasteiger partial charge is 0.457 e. The normalized spacial score (nSPS) is 20.8. The maximum atomic E-state index is 13.3. The summed E-state index contributed by atoms with van der Waals surface area (Å²) < 4.78 is 11.3. The van der Waals surface area contributed by atoms with Gasteiger partial charge in [0, 0.05) is 12.1 Å². The first-order chi connectivity index (χ1) is 15.4. The lowest BCUT2D eigenvalue weighted by Gasteiger charge is -2.28. The van der Waals surface area contributed by atoms with E-state index in [1.807, 2.05) is 44.2 Å². The minimum absolute atomic E-state index is 0.0533. The zero-order chi connectivity index (χ0) is 22.7. The van der Waals surface area contributed by atoms with E-state index in [0.29, 0.717) is 36.4 Å². The molecular weight excluding hydrogens is 408 g/mol. The minimum atomic E-state index is -0.699. The fourth-order valence-corrected chi connectivity index (χ4v) is 4.28. The molecule has 4 rings (SSSR count). The van der Waals surface area contributed by atoms with Crippen molar-refractivity contribution in [1.29, 1.82) is 0 Å². The van der Waals surface area contributed by atoms with Crippen LogP contribution in [0.4, 0.5) is 0 Å². The van der Waals surface area contributed by atoms with Gasteiger partial charge >= 0.3 is 0 Å². The first-order valence-corrected chi connectivity index (χ1v) is 11.0. The summed E-state index contributed by atoms with van der Waals surface area (Å²) >= 11 is 0. The van der Waals surface area contributed by atoms with Crippen LogP contribution in [0.1, 0.15) is 37.0 Å². The zero-order valence-electron chi connectivity index (χ0n) is 18.3. The Labute approximate surface area is 187 Å². The number of carbonyl (C=O) groups excluding carboxylic acids is 3. The molecule has 0 radical (unpaired) electrons. The van der Waals surface area contributed by atoms with Crippen LogP contribution in [0.15, 0.2) is 54.6 Å². The number of para-hydroxylation sites is 1. The van der Waals surface area contributed by atoms with Crippen LogP contribution >= 0.6 is 0 Å². The number of likely N-dealkylation sites (tertiary alicyclic amines) is 1. The number of benzene rings is 2. The molecule has 1 N–H and O–H groups in total. The van der Waals surface area contributed by atoms with Gasteiger partial charge in [-0.2, -0.15) is 0 Å². The maximum absolute atomic E-state index is 13.3. The maximum Gasteiger partial charge on any atom is 0.251 e. The van der Waals surface area contributed by atoms with Crippen LogP contribution < -0.4 is 10.1 Å². The van der Waals surface area contributed by atoms with Gasteiger partial charge in [-0.3, -0.25) is 14.4 Å². The second-order valence-corrected chi connectivity index (χ2v) is 8.68. The second kappa shape index (κ2) is 9.53. The molecule has 0 spiro atoms. The molecule has 3 atom stereocenters. The average Bonchev–Trinajstić information content (AvgIpc) is 3.37. The summed E-state index contributed by atoms with van der Waals surface area (Å²) in [4.78, 5) is 40.0. The summed E-state index contributed by atoms with van der Waals surface area (Å²) in [6.07, 6.45) is 0.912. The molecule has 32 heavy (non-hydrogen) atoms. The summed E-state index contributed by atoms with van der Waals surface area (Å²) in [5, 5.41) is 2.88. The molecule has 2 saturated heterocycles. The Morgan fingerprint density at radius 2 is 1.78 bits per heavy atom. The van der Waals surface area contributed by atoms with E-state index in [-0.39, 0.29) is 36.2 Å². The standard InChI is InChI=1S/C25H28N2O5/c1-16(2)14-20(25(30)27-13-12-22-23(27)21(28)15-31-22)26-24(29)17-8-10-19(11-9-17)32-18-6-4-3-5-7-18/h3-11,16,20,22-23H,12-15H2,1-2H3,(H,26,29). The minimum Gasteiger partial charge on any atom is -0.457 e. The third-order valence-electron chi connectivity index (χ3n) is 5.80. The number of Topliss-reactive ketones (excluding diaryl/α,β-unsaturated/α-hetero) is 1. The van der Waals surface area contributed by atoms with E-state index in [0.717, 1.165) is 0 Å². The molecule has 7 nitrogen and oxygen atoms in total. The highest BCUT2D eigenvalue weighted by atomic mass is 16.5. The van der Waals surface area contributed by atoms with Gasteiger partial charge in [-0.1, -0.05) is 32.0 Å². The van der Waals surface area contributed by atoms with Crippen LogP contribution in [-0.4, -0.2) is 53.8 Å². The van der Waals surface area contributed by atoms with Gasteiger partial charge in [0.15, 0.2) is 5.78 Å². The highest BCUT2D eigenvalue weighted by Gasteiger charge is 2.48. The molecule has 2 aliphatic rings. The van der Waals surface area contributed by atoms with Crippen molar-refractivity contribution < 1.29 is 23.9 Å². The lowest BCUT2D eigenvalue weighted by Crippen LogP contribution is -2.52. The Morgan fingerprint density at radius 3 is 2.47 bits per heavy atom. The summed E-state index contributed by atoms with van der Waals surface area (Å²) in [5.41, 5.74) is 0.437. The summed E-state index contributed by atoms with van der Waals surface area (Å²) in [6, 6.07) is 15.0. The lowest BCUT2D eigenvalue weighted by atomic mass is 10.0. The molecule has 3 unspecified atom stereocenters. The number of ketones is 1. The third kappa shape index (κ3) is 4.83. The number of ether oxygens (including phenoxy) is 2. The molecule has 2 aliphatic heterocycles. The van der Waals surface area contributed by atoms with Gasteiger partial charge < -0.3 is 19.7 Å². The lowest BCUT2D eigenvalue weighted by molar-refractivity contribution is -0.138. The Hall–Kier alpha value is -3.19. The van der Waals surface area contributed by atoms with Crippen molar-refractivity contribution in [3.05, 3.63) is 60.2 Å². The monoisotopic (exact) mass is 436 g/mol. The van der Waals surface area contributed by atoms with Crippen molar-refractivity contribution in [1.82, 2.24) is 10.2 Å². The van der Waals surface area contributed by atoms with E-state index in [1.54, 1.807) is 29.2 Å². The quantitative estimate of drug-likeness (QED) is 0.721. The molecule has 2 aromatic carbocycles. The van der Waals surface area contributed by atoms with E-state index in [2.05, 4.69) is 5.32 Å². The van der Waals surface area contributed by atoms with Gasteiger partial charge in [0.05, 0.1) is 6.10 Å². The van der Waals surface area contributed by atoms with Gasteiger partial charge in [-0.25, -0.2) is 0 Å². The highest BCUT2D eigenvalue weighted by molar-refractivity contribution is 5.99. The van der Waals surface area contributed by atoms with Gasteiger partial charge in [0.2, 0.25) is 5.91 Å². The zero-order valence-corrected chi connectivity index (χ0v) is 18.3. The molecule has 0 aromatic heterocycles. The molecule has 2 fully saturated rings. The molecule has 2 amide bonds. The molecule has 2 aromatic rings. The van der Waals surface area contributed by atoms with Crippen molar-refractivity contribution in [2.75, 3.05) is 13.2 Å². The Morgan fingerprint density at radius 1 is 1.09 bits per heavy atom. The first kappa shape index (κ1) is 22.0. The van der Waals surface area contributed by atoms with Gasteiger partial charge in [-0.05, 0) is 55.2 Å². The smallest absolute Gasteiger partial charge is 0.251 e. The fraction of sp³-hybridized carbons (Fsp3) is 0.400. The van der Waals surface area contributed by atoms with Gasteiger partial charge in [0.25, 0.3) is 5.91 Å². The fourth-order valence-electron chi connectivity index (χ4n) is 4.28. The number of rotatable bonds is 7. The van der Waals surface area contributed by atoms with E-state index in [9.17, 15) is 14.4 Å². The predicted molar refractivity (Wildman–Crippen MR) is 119 cm³/mol. The van der Waals surface area contributed by atoms with Gasteiger partial charge in [-0.15, -0.1) is 0 Å². The van der Waals surface area contributed by atoms with Crippen LogP contribution in [0.3, 0.4) is 0 Å². The van der Waals surface area contributed by atoms with Crippen molar-refractivity contribution in [2.45, 2.75) is 44.9 Å². The number of hydrogen-bond donors (Lipinski definition) is 1. The molecular formula is C25H28N2O5. The molecule has 0 bridgehead atoms. The number of carbonyl (C=O) groups is 3. The predicted octanol–water partition coefficient (Wildman–Crippen LogP) is 3.19. The number of hydrogen-bond acceptors (Lipinski definition) is 5. The van der Waals surface area contributed by atoms with E-state index in [1.165, 1.54) is 0 Å². The topological polar surface area (TPSA) is 84.9 Å². The first-order valence-electron chi connectivity index (χ1n) is 11.0. The molecule has 0 saturated carbocycles. The molecule has 168 valence electrons. The van der Waals surface area contributed by atoms with Crippen LogP contribution in [0.2, 0.25) is 0 Å². The summed E-state index contributed by atoms with van der Waals surface area (Å²) in [7, 11) is 0. The van der Waals surface area contributed by atoms with Crippen molar-refractivity contribution in [3.63, 3.8) is 0 Å². The number of fused-ring (bicyclic) bond motifs is 1. The SMILES string of the molecule is CC(C)CC(NC(=O)c1ccc(Oc2ccccc2)cc1)C(=O)N1CCC2OCC(=O)C21.